The monoisotopic (exact) mass is 524 g/mol. The summed E-state index contributed by atoms with van der Waals surface area (Å²) < 4.78 is 28.6. The van der Waals surface area contributed by atoms with E-state index in [1.54, 1.807) is 72.8 Å². The highest BCUT2D eigenvalue weighted by atomic mass is 35.5. The molecular formula is C27H29ClN4O3S. The van der Waals surface area contributed by atoms with Crippen LogP contribution in [0.3, 0.4) is 0 Å². The summed E-state index contributed by atoms with van der Waals surface area (Å²) in [7, 11) is -1.80. The second kappa shape index (κ2) is 11.2. The number of hydrogen-bond donors (Lipinski definition) is 1. The summed E-state index contributed by atoms with van der Waals surface area (Å²) in [4.78, 5) is 15.0. The molecule has 0 spiro atoms. The van der Waals surface area contributed by atoms with Crippen molar-refractivity contribution in [2.24, 2.45) is 5.10 Å². The van der Waals surface area contributed by atoms with E-state index >= 15 is 0 Å². The van der Waals surface area contributed by atoms with Gasteiger partial charge in [0.2, 0.25) is 0 Å². The first-order chi connectivity index (χ1) is 17.2. The molecule has 0 bridgehead atoms. The van der Waals surface area contributed by atoms with Gasteiger partial charge in [0.15, 0.2) is 0 Å². The van der Waals surface area contributed by atoms with Crippen molar-refractivity contribution < 1.29 is 13.2 Å². The fourth-order valence-corrected chi connectivity index (χ4v) is 5.68. The summed E-state index contributed by atoms with van der Waals surface area (Å²) in [6, 6.07) is 20.3. The molecule has 0 aromatic heterocycles. The van der Waals surface area contributed by atoms with Crippen LogP contribution in [0.2, 0.25) is 5.02 Å². The van der Waals surface area contributed by atoms with Gasteiger partial charge in [0.25, 0.3) is 15.9 Å². The van der Waals surface area contributed by atoms with E-state index in [-0.39, 0.29) is 17.3 Å². The minimum absolute atomic E-state index is 0.0795. The topological polar surface area (TPSA) is 82.1 Å². The molecule has 9 heteroatoms. The maximum absolute atomic E-state index is 13.6. The molecule has 1 saturated heterocycles. The fourth-order valence-electron chi connectivity index (χ4n) is 3.98. The number of rotatable bonds is 7. The largest absolute Gasteiger partial charge is 0.306 e. The number of amides is 1. The number of carbonyl (C=O) groups excluding carboxylic acids is 1. The third-order valence-electron chi connectivity index (χ3n) is 6.19. The Morgan fingerprint density at radius 2 is 1.69 bits per heavy atom. The summed E-state index contributed by atoms with van der Waals surface area (Å²) >= 11 is 6.23. The molecule has 0 radical (unpaired) electrons. The van der Waals surface area contributed by atoms with Crippen molar-refractivity contribution in [2.75, 3.05) is 24.4 Å². The number of nitrogens with one attached hydrogen (secondary N) is 1. The van der Waals surface area contributed by atoms with Crippen molar-refractivity contribution in [3.05, 3.63) is 94.5 Å². The highest BCUT2D eigenvalue weighted by Gasteiger charge is 2.26. The van der Waals surface area contributed by atoms with Crippen molar-refractivity contribution in [1.82, 2.24) is 10.3 Å². The Kier molecular flexibility index (Phi) is 8.08. The van der Waals surface area contributed by atoms with E-state index in [0.29, 0.717) is 16.3 Å². The summed E-state index contributed by atoms with van der Waals surface area (Å²) in [6.07, 6.45) is 1.68. The number of halogens is 1. The Hall–Kier alpha value is -3.20. The van der Waals surface area contributed by atoms with E-state index in [1.807, 2.05) is 6.92 Å². The van der Waals surface area contributed by atoms with Crippen LogP contribution in [-0.4, -0.2) is 45.1 Å². The summed E-state index contributed by atoms with van der Waals surface area (Å²) in [5.41, 5.74) is 6.08. The molecule has 1 N–H and O–H groups in total. The van der Waals surface area contributed by atoms with Crippen LogP contribution in [0, 0.1) is 6.92 Å². The molecule has 1 aliphatic heterocycles. The molecule has 188 valence electrons. The molecule has 1 amide bonds. The van der Waals surface area contributed by atoms with Crippen LogP contribution in [0.4, 0.5) is 5.69 Å². The zero-order valence-corrected chi connectivity index (χ0v) is 21.9. The zero-order valence-electron chi connectivity index (χ0n) is 20.3. The number of hydrazone groups is 1. The van der Waals surface area contributed by atoms with Gasteiger partial charge in [0, 0.05) is 42.2 Å². The second-order valence-electron chi connectivity index (χ2n) is 8.87. The molecule has 1 heterocycles. The van der Waals surface area contributed by atoms with Gasteiger partial charge >= 0.3 is 0 Å². The number of likely N-dealkylation sites (tertiary alicyclic amines) is 1. The average Bonchev–Trinajstić information content (AvgIpc) is 2.89. The van der Waals surface area contributed by atoms with Gasteiger partial charge in [-0.05, 0) is 61.5 Å². The summed E-state index contributed by atoms with van der Waals surface area (Å²) in [6.45, 7) is 3.78. The molecule has 0 aliphatic carbocycles. The quantitative estimate of drug-likeness (QED) is 0.448. The van der Waals surface area contributed by atoms with E-state index < -0.39 is 10.0 Å². The van der Waals surface area contributed by atoms with Gasteiger partial charge < -0.3 is 4.90 Å². The molecule has 0 atom stereocenters. The predicted molar refractivity (Wildman–Crippen MR) is 144 cm³/mol. The van der Waals surface area contributed by atoms with Crippen molar-refractivity contribution in [3.63, 3.8) is 0 Å². The van der Waals surface area contributed by atoms with Crippen LogP contribution < -0.4 is 9.73 Å². The lowest BCUT2D eigenvalue weighted by atomic mass is 10.1. The van der Waals surface area contributed by atoms with Crippen LogP contribution >= 0.6 is 11.6 Å². The van der Waals surface area contributed by atoms with Gasteiger partial charge in [0.1, 0.15) is 0 Å². The standard InChI is InChI=1S/C27H29ClN4O3S/c1-20-8-13-23(28)18-26(20)32(36(34,35)25-6-4-3-5-7-25)19-21-9-11-22(12-10-21)27(33)30-29-24-14-16-31(2)17-15-24/h3-13,18H,14-17,19H2,1-2H3,(H,30,33). The minimum Gasteiger partial charge on any atom is -0.306 e. The molecule has 1 fully saturated rings. The van der Waals surface area contributed by atoms with E-state index in [1.165, 1.54) is 4.31 Å². The Bertz CT molecular complexity index is 1350. The molecule has 1 aliphatic rings. The maximum atomic E-state index is 13.6. The molecule has 0 unspecified atom stereocenters. The molecule has 36 heavy (non-hydrogen) atoms. The van der Waals surface area contributed by atoms with Gasteiger partial charge in [0.05, 0.1) is 17.1 Å². The number of piperidine rings is 1. The lowest BCUT2D eigenvalue weighted by Gasteiger charge is -2.26. The third kappa shape index (κ3) is 6.13. The number of sulfonamides is 1. The van der Waals surface area contributed by atoms with Gasteiger partial charge in [-0.1, -0.05) is 48.0 Å². The molecule has 3 aromatic carbocycles. The van der Waals surface area contributed by atoms with Crippen molar-refractivity contribution in [1.29, 1.82) is 0 Å². The smallest absolute Gasteiger partial charge is 0.271 e. The SMILES string of the molecule is Cc1ccc(Cl)cc1N(Cc1ccc(C(=O)NN=C2CCN(C)CC2)cc1)S(=O)(=O)c1ccccc1. The minimum atomic E-state index is -3.87. The fraction of sp³-hybridized carbons (Fsp3) is 0.259. The van der Waals surface area contributed by atoms with Gasteiger partial charge in [-0.2, -0.15) is 5.10 Å². The molecular weight excluding hydrogens is 496 g/mol. The first-order valence-corrected chi connectivity index (χ1v) is 13.5. The summed E-state index contributed by atoms with van der Waals surface area (Å²) in [5.74, 6) is -0.299. The first kappa shape index (κ1) is 25.9. The van der Waals surface area contributed by atoms with E-state index in [0.717, 1.165) is 42.8 Å². The third-order valence-corrected chi connectivity index (χ3v) is 8.20. The Morgan fingerprint density at radius 3 is 2.36 bits per heavy atom. The van der Waals surface area contributed by atoms with Crippen LogP contribution in [0.5, 0.6) is 0 Å². The number of anilines is 1. The van der Waals surface area contributed by atoms with Crippen molar-refractivity contribution >= 4 is 38.9 Å². The van der Waals surface area contributed by atoms with Gasteiger partial charge in [-0.3, -0.25) is 9.10 Å². The molecule has 3 aromatic rings. The van der Waals surface area contributed by atoms with E-state index in [4.69, 9.17) is 11.6 Å². The van der Waals surface area contributed by atoms with E-state index in [9.17, 15) is 13.2 Å². The molecule has 0 saturated carbocycles. The normalized spacial score (nSPS) is 14.4. The number of benzene rings is 3. The second-order valence-corrected chi connectivity index (χ2v) is 11.2. The molecule has 4 rings (SSSR count). The first-order valence-electron chi connectivity index (χ1n) is 11.7. The lowest BCUT2D eigenvalue weighted by molar-refractivity contribution is 0.0954. The maximum Gasteiger partial charge on any atom is 0.271 e. The van der Waals surface area contributed by atoms with E-state index in [2.05, 4.69) is 22.5 Å². The highest BCUT2D eigenvalue weighted by molar-refractivity contribution is 7.92. The van der Waals surface area contributed by atoms with Gasteiger partial charge in [-0.15, -0.1) is 0 Å². The number of carbonyl (C=O) groups is 1. The Labute approximate surface area is 217 Å². The zero-order chi connectivity index (χ0) is 25.7. The number of nitrogens with zero attached hydrogens (tertiary/aromatic N) is 3. The number of aryl methyl sites for hydroxylation is 1. The van der Waals surface area contributed by atoms with Crippen LogP contribution in [0.15, 0.2) is 82.8 Å². The van der Waals surface area contributed by atoms with Crippen molar-refractivity contribution in [2.45, 2.75) is 31.2 Å². The molecule has 7 nitrogen and oxygen atoms in total. The van der Waals surface area contributed by atoms with Crippen LogP contribution in [-0.2, 0) is 16.6 Å². The predicted octanol–water partition coefficient (Wildman–Crippen LogP) is 4.86. The average molecular weight is 525 g/mol. The van der Waals surface area contributed by atoms with Crippen LogP contribution in [0.1, 0.15) is 34.3 Å². The Balaban J connectivity index is 1.56. The lowest BCUT2D eigenvalue weighted by Crippen LogP contribution is -2.32. The Morgan fingerprint density at radius 1 is 1.03 bits per heavy atom. The van der Waals surface area contributed by atoms with Gasteiger partial charge in [-0.25, -0.2) is 13.8 Å². The van der Waals surface area contributed by atoms with Crippen molar-refractivity contribution in [3.8, 4) is 0 Å². The summed E-state index contributed by atoms with van der Waals surface area (Å²) in [5, 5.41) is 4.73. The highest BCUT2D eigenvalue weighted by Crippen LogP contribution is 2.31. The van der Waals surface area contributed by atoms with Crippen LogP contribution in [0.25, 0.3) is 0 Å². The number of hydrogen-bond acceptors (Lipinski definition) is 5.